The summed E-state index contributed by atoms with van der Waals surface area (Å²) in [5.41, 5.74) is -1.07. The zero-order valence-corrected chi connectivity index (χ0v) is 18.7. The van der Waals surface area contributed by atoms with Crippen LogP contribution >= 0.6 is 0 Å². The lowest BCUT2D eigenvalue weighted by molar-refractivity contribution is -0.255. The van der Waals surface area contributed by atoms with E-state index < -0.39 is 17.3 Å². The number of esters is 1. The molecule has 29 heavy (non-hydrogen) atoms. The summed E-state index contributed by atoms with van der Waals surface area (Å²) in [6.45, 7) is 8.75. The van der Waals surface area contributed by atoms with Crippen molar-refractivity contribution < 1.29 is 19.4 Å². The van der Waals surface area contributed by atoms with E-state index in [0.29, 0.717) is 24.2 Å². The molecule has 2 aliphatic carbocycles. The van der Waals surface area contributed by atoms with Gasteiger partial charge in [0.2, 0.25) is 0 Å². The van der Waals surface area contributed by atoms with E-state index in [-0.39, 0.29) is 23.9 Å². The third-order valence-electron chi connectivity index (χ3n) is 8.43. The summed E-state index contributed by atoms with van der Waals surface area (Å²) in [7, 11) is 0. The van der Waals surface area contributed by atoms with Gasteiger partial charge < -0.3 is 14.6 Å². The van der Waals surface area contributed by atoms with Crippen molar-refractivity contribution >= 4 is 5.97 Å². The predicted octanol–water partition coefficient (Wildman–Crippen LogP) is 5.04. The van der Waals surface area contributed by atoms with Crippen LogP contribution in [0.25, 0.3) is 0 Å². The Balaban J connectivity index is 1.58. The summed E-state index contributed by atoms with van der Waals surface area (Å²) >= 11 is 0. The molecule has 2 heterocycles. The first kappa shape index (κ1) is 21.4. The molecule has 2 aliphatic heterocycles. The van der Waals surface area contributed by atoms with Gasteiger partial charge in [0.15, 0.2) is 0 Å². The Labute approximate surface area is 176 Å². The normalized spacial score (nSPS) is 45.1. The van der Waals surface area contributed by atoms with Gasteiger partial charge in [0.05, 0.1) is 11.7 Å². The minimum Gasteiger partial charge on any atom is -0.456 e. The Bertz CT molecular complexity index is 637. The van der Waals surface area contributed by atoms with E-state index in [4.69, 9.17) is 9.47 Å². The van der Waals surface area contributed by atoms with Gasteiger partial charge in [-0.3, -0.25) is 0 Å². The molecule has 4 rings (SSSR count). The van der Waals surface area contributed by atoms with E-state index in [1.807, 2.05) is 0 Å². The fourth-order valence-corrected chi connectivity index (χ4v) is 7.15. The number of aliphatic hydroxyl groups excluding tert-OH is 1. The molecule has 4 aliphatic rings. The maximum Gasteiger partial charge on any atom is 0.330 e. The number of carbonyl (C=O) groups is 1. The summed E-state index contributed by atoms with van der Waals surface area (Å²) in [6, 6.07) is 0. The van der Waals surface area contributed by atoms with Crippen LogP contribution in [0.15, 0.2) is 12.2 Å². The van der Waals surface area contributed by atoms with Crippen molar-refractivity contribution in [3.63, 3.8) is 0 Å². The second-order valence-corrected chi connectivity index (χ2v) is 11.0. The molecular weight excluding hydrogens is 364 g/mol. The Morgan fingerprint density at radius 3 is 2.62 bits per heavy atom. The monoisotopic (exact) mass is 404 g/mol. The third kappa shape index (κ3) is 3.80. The maximum absolute atomic E-state index is 12.9. The van der Waals surface area contributed by atoms with E-state index in [2.05, 4.69) is 33.8 Å². The SMILES string of the molecule is CC(C)CC12CC(O)C(C)(O1)C1CCC(C)C1C2OC(=O)/C=C/C1CCCCC1. The zero-order valence-electron chi connectivity index (χ0n) is 18.7. The summed E-state index contributed by atoms with van der Waals surface area (Å²) in [6.07, 6.45) is 12.7. The molecule has 4 nitrogen and oxygen atoms in total. The summed E-state index contributed by atoms with van der Waals surface area (Å²) < 4.78 is 12.9. The number of ether oxygens (including phenoxy) is 2. The molecule has 1 N–H and O–H groups in total. The molecule has 2 saturated carbocycles. The van der Waals surface area contributed by atoms with Crippen molar-refractivity contribution in [2.45, 2.75) is 109 Å². The van der Waals surface area contributed by atoms with Gasteiger partial charge in [-0.1, -0.05) is 46.1 Å². The van der Waals surface area contributed by atoms with Crippen LogP contribution in [0.2, 0.25) is 0 Å². The van der Waals surface area contributed by atoms with Crippen LogP contribution in [0.3, 0.4) is 0 Å². The topological polar surface area (TPSA) is 55.8 Å². The molecule has 4 heteroatoms. The first-order chi connectivity index (χ1) is 13.7. The predicted molar refractivity (Wildman–Crippen MR) is 113 cm³/mol. The van der Waals surface area contributed by atoms with Crippen molar-refractivity contribution in [1.29, 1.82) is 0 Å². The van der Waals surface area contributed by atoms with Crippen LogP contribution in [0.5, 0.6) is 0 Å². The number of hydrogen-bond donors (Lipinski definition) is 1. The minimum atomic E-state index is -0.559. The van der Waals surface area contributed by atoms with Gasteiger partial charge in [-0.05, 0) is 62.7 Å². The second kappa shape index (κ2) is 8.00. The van der Waals surface area contributed by atoms with Crippen molar-refractivity contribution in [2.24, 2.45) is 29.6 Å². The number of fused-ring (bicyclic) bond motifs is 4. The molecule has 0 aromatic rings. The van der Waals surface area contributed by atoms with Gasteiger partial charge in [-0.25, -0.2) is 4.79 Å². The number of rotatable bonds is 5. The highest BCUT2D eigenvalue weighted by atomic mass is 16.6. The standard InChI is InChI=1S/C25H40O4/c1-16(2)14-25-15-20(26)24(4,29-25)19-12-10-17(3)22(19)23(25)28-21(27)13-11-18-8-6-5-7-9-18/h11,13,16-20,22-23,26H,5-10,12,14-15H2,1-4H3/b13-11+. The number of allylic oxidation sites excluding steroid dienone is 1. The largest absolute Gasteiger partial charge is 0.456 e. The van der Waals surface area contributed by atoms with Gasteiger partial charge in [-0.2, -0.15) is 0 Å². The number of carbonyl (C=O) groups excluding carboxylic acids is 1. The van der Waals surface area contributed by atoms with Gasteiger partial charge in [0, 0.05) is 18.4 Å². The molecule has 0 aromatic heterocycles. The molecular formula is C25H40O4. The Hall–Kier alpha value is -0.870. The van der Waals surface area contributed by atoms with E-state index >= 15 is 0 Å². The minimum absolute atomic E-state index is 0.227. The van der Waals surface area contributed by atoms with Crippen molar-refractivity contribution in [3.8, 4) is 0 Å². The number of hydrogen-bond acceptors (Lipinski definition) is 4. The molecule has 2 bridgehead atoms. The van der Waals surface area contributed by atoms with E-state index in [0.717, 1.165) is 19.3 Å². The summed E-state index contributed by atoms with van der Waals surface area (Å²) in [4.78, 5) is 12.9. The fraction of sp³-hybridized carbons (Fsp3) is 0.880. The average Bonchev–Trinajstić information content (AvgIpc) is 3.15. The summed E-state index contributed by atoms with van der Waals surface area (Å²) in [5.74, 6) is 1.72. The molecule has 0 spiro atoms. The molecule has 0 amide bonds. The number of aliphatic hydroxyl groups is 1. The van der Waals surface area contributed by atoms with Crippen LogP contribution in [0.1, 0.15) is 85.5 Å². The zero-order chi connectivity index (χ0) is 20.8. The molecule has 0 radical (unpaired) electrons. The van der Waals surface area contributed by atoms with Crippen molar-refractivity contribution in [1.82, 2.24) is 0 Å². The quantitative estimate of drug-likeness (QED) is 0.515. The molecule has 7 unspecified atom stereocenters. The van der Waals surface area contributed by atoms with Crippen molar-refractivity contribution in [3.05, 3.63) is 12.2 Å². The lowest BCUT2D eigenvalue weighted by atomic mass is 9.70. The van der Waals surface area contributed by atoms with E-state index in [9.17, 15) is 9.90 Å². The first-order valence-corrected chi connectivity index (χ1v) is 12.0. The van der Waals surface area contributed by atoms with Crippen LogP contribution in [0, 0.1) is 29.6 Å². The summed E-state index contributed by atoms with van der Waals surface area (Å²) in [5, 5.41) is 11.0. The molecule has 4 fully saturated rings. The maximum atomic E-state index is 12.9. The lowest BCUT2D eigenvalue weighted by Gasteiger charge is -2.52. The Morgan fingerprint density at radius 2 is 1.93 bits per heavy atom. The average molecular weight is 405 g/mol. The fourth-order valence-electron chi connectivity index (χ4n) is 7.15. The molecule has 7 atom stereocenters. The highest BCUT2D eigenvalue weighted by Gasteiger charge is 2.70. The van der Waals surface area contributed by atoms with Gasteiger partial charge in [-0.15, -0.1) is 0 Å². The van der Waals surface area contributed by atoms with E-state index in [1.54, 1.807) is 6.08 Å². The van der Waals surface area contributed by atoms with Gasteiger partial charge in [0.25, 0.3) is 0 Å². The molecule has 164 valence electrons. The van der Waals surface area contributed by atoms with Crippen LogP contribution < -0.4 is 0 Å². The highest BCUT2D eigenvalue weighted by Crippen LogP contribution is 2.62. The Kier molecular flexibility index (Phi) is 5.89. The Morgan fingerprint density at radius 1 is 1.21 bits per heavy atom. The second-order valence-electron chi connectivity index (χ2n) is 11.0. The smallest absolute Gasteiger partial charge is 0.330 e. The third-order valence-corrected chi connectivity index (χ3v) is 8.43. The lowest BCUT2D eigenvalue weighted by Crippen LogP contribution is -2.60. The first-order valence-electron chi connectivity index (χ1n) is 12.0. The highest BCUT2D eigenvalue weighted by molar-refractivity contribution is 5.82. The van der Waals surface area contributed by atoms with Crippen LogP contribution in [0.4, 0.5) is 0 Å². The van der Waals surface area contributed by atoms with Crippen LogP contribution in [-0.2, 0) is 14.3 Å². The van der Waals surface area contributed by atoms with Gasteiger partial charge in [0.1, 0.15) is 11.7 Å². The molecule has 0 aromatic carbocycles. The van der Waals surface area contributed by atoms with Gasteiger partial charge >= 0.3 is 5.97 Å². The van der Waals surface area contributed by atoms with E-state index in [1.165, 1.54) is 32.1 Å². The van der Waals surface area contributed by atoms with Crippen LogP contribution in [-0.4, -0.2) is 34.5 Å². The van der Waals surface area contributed by atoms with Crippen molar-refractivity contribution in [2.75, 3.05) is 0 Å². The molecule has 2 saturated heterocycles.